The number of carboxylic acid groups (broad SMARTS) is 1. The molecule has 2 rings (SSSR count). The third-order valence-electron chi connectivity index (χ3n) is 5.02. The Hall–Kier alpha value is -2.82. The van der Waals surface area contributed by atoms with Crippen LogP contribution in [0.5, 0.6) is 5.75 Å². The Labute approximate surface area is 166 Å². The van der Waals surface area contributed by atoms with E-state index in [0.29, 0.717) is 30.1 Å². The van der Waals surface area contributed by atoms with Crippen molar-refractivity contribution in [3.05, 3.63) is 57.6 Å². The van der Waals surface area contributed by atoms with E-state index in [9.17, 15) is 14.7 Å². The van der Waals surface area contributed by atoms with Gasteiger partial charge >= 0.3 is 5.97 Å². The molecule has 0 atom stereocenters. The minimum atomic E-state index is -1.44. The van der Waals surface area contributed by atoms with Crippen LogP contribution in [0.4, 0.5) is 5.69 Å². The lowest BCUT2D eigenvalue weighted by molar-refractivity contribution is -0.131. The summed E-state index contributed by atoms with van der Waals surface area (Å²) in [6.07, 6.45) is 0.619. The zero-order valence-corrected chi connectivity index (χ0v) is 17.5. The van der Waals surface area contributed by atoms with Gasteiger partial charge in [0.25, 0.3) is 5.78 Å². The monoisotopic (exact) mass is 383 g/mol. The van der Waals surface area contributed by atoms with E-state index < -0.39 is 11.8 Å². The fourth-order valence-corrected chi connectivity index (χ4v) is 3.57. The number of hydrogen-bond acceptors (Lipinski definition) is 4. The Morgan fingerprint density at radius 1 is 1.18 bits per heavy atom. The Morgan fingerprint density at radius 3 is 2.39 bits per heavy atom. The smallest absolute Gasteiger partial charge is 0.377 e. The molecule has 0 bridgehead atoms. The molecule has 150 valence electrons. The van der Waals surface area contributed by atoms with E-state index in [2.05, 4.69) is 25.2 Å². The van der Waals surface area contributed by atoms with Gasteiger partial charge in [0.15, 0.2) is 0 Å². The molecule has 0 amide bonds. The molecule has 2 aromatic carbocycles. The van der Waals surface area contributed by atoms with Crippen molar-refractivity contribution in [2.75, 3.05) is 19.0 Å². The van der Waals surface area contributed by atoms with Crippen LogP contribution in [0.15, 0.2) is 24.3 Å². The maximum atomic E-state index is 12.3. The third kappa shape index (κ3) is 4.35. The van der Waals surface area contributed by atoms with Crippen molar-refractivity contribution in [1.82, 2.24) is 0 Å². The van der Waals surface area contributed by atoms with E-state index in [1.165, 1.54) is 0 Å². The summed E-state index contributed by atoms with van der Waals surface area (Å²) in [6, 6.07) is 7.97. The van der Waals surface area contributed by atoms with Gasteiger partial charge in [0.1, 0.15) is 5.75 Å². The molecule has 0 aliphatic carbocycles. The first-order valence-electron chi connectivity index (χ1n) is 9.52. The number of methoxy groups -OCH3 is 1. The van der Waals surface area contributed by atoms with Crippen LogP contribution in [0, 0.1) is 13.8 Å². The normalized spacial score (nSPS) is 10.8. The van der Waals surface area contributed by atoms with E-state index in [0.717, 1.165) is 28.0 Å². The minimum absolute atomic E-state index is 0.243. The number of aryl methyl sites for hydroxylation is 1. The van der Waals surface area contributed by atoms with Gasteiger partial charge in [-0.15, -0.1) is 0 Å². The number of anilines is 1. The number of rotatable bonds is 8. The van der Waals surface area contributed by atoms with Crippen LogP contribution in [0.1, 0.15) is 64.9 Å². The highest BCUT2D eigenvalue weighted by molar-refractivity contribution is 6.41. The molecule has 0 spiro atoms. The highest BCUT2D eigenvalue weighted by atomic mass is 16.5. The number of nitrogens with one attached hydrogen (secondary N) is 1. The number of carboxylic acids is 1. The largest absolute Gasteiger partial charge is 0.496 e. The summed E-state index contributed by atoms with van der Waals surface area (Å²) in [5.74, 6) is -1.15. The van der Waals surface area contributed by atoms with Gasteiger partial charge in [-0.05, 0) is 73.1 Å². The Balaban J connectivity index is 2.57. The van der Waals surface area contributed by atoms with Crippen molar-refractivity contribution >= 4 is 17.4 Å². The van der Waals surface area contributed by atoms with Crippen LogP contribution in [-0.2, 0) is 11.2 Å². The molecule has 0 aliphatic heterocycles. The molecule has 0 saturated carbocycles. The summed E-state index contributed by atoms with van der Waals surface area (Å²) >= 11 is 0. The molecule has 0 heterocycles. The van der Waals surface area contributed by atoms with E-state index in [1.54, 1.807) is 7.11 Å². The molecule has 2 aromatic rings. The second kappa shape index (κ2) is 8.91. The summed E-state index contributed by atoms with van der Waals surface area (Å²) in [5.41, 5.74) is 5.76. The molecule has 0 fully saturated rings. The van der Waals surface area contributed by atoms with Crippen molar-refractivity contribution in [3.63, 3.8) is 0 Å². The van der Waals surface area contributed by atoms with Crippen molar-refractivity contribution < 1.29 is 19.4 Å². The maximum Gasteiger partial charge on any atom is 0.377 e. The highest BCUT2D eigenvalue weighted by Crippen LogP contribution is 2.32. The Morgan fingerprint density at radius 2 is 1.86 bits per heavy atom. The first kappa shape index (κ1) is 21.5. The molecule has 0 aliphatic rings. The van der Waals surface area contributed by atoms with E-state index >= 15 is 0 Å². The lowest BCUT2D eigenvalue weighted by atomic mass is 9.88. The van der Waals surface area contributed by atoms with Gasteiger partial charge in [0.2, 0.25) is 0 Å². The first-order valence-corrected chi connectivity index (χ1v) is 9.52. The molecule has 0 aromatic heterocycles. The lowest BCUT2D eigenvalue weighted by Crippen LogP contribution is -2.18. The summed E-state index contributed by atoms with van der Waals surface area (Å²) in [5, 5.41) is 12.4. The predicted molar refractivity (Wildman–Crippen MR) is 112 cm³/mol. The van der Waals surface area contributed by atoms with Gasteiger partial charge in [-0.2, -0.15) is 0 Å². The number of ether oxygens (including phenoxy) is 1. The molecule has 2 N–H and O–H groups in total. The average Bonchev–Trinajstić information content (AvgIpc) is 2.64. The third-order valence-corrected chi connectivity index (χ3v) is 5.02. The van der Waals surface area contributed by atoms with Gasteiger partial charge < -0.3 is 15.2 Å². The highest BCUT2D eigenvalue weighted by Gasteiger charge is 2.24. The maximum absolute atomic E-state index is 12.3. The summed E-state index contributed by atoms with van der Waals surface area (Å²) in [6.45, 7) is 10.6. The van der Waals surface area contributed by atoms with E-state index in [4.69, 9.17) is 4.74 Å². The molecular weight excluding hydrogens is 354 g/mol. The molecule has 5 nitrogen and oxygen atoms in total. The Bertz CT molecular complexity index is 900. The minimum Gasteiger partial charge on any atom is -0.496 e. The van der Waals surface area contributed by atoms with Gasteiger partial charge in [0.05, 0.1) is 12.7 Å². The van der Waals surface area contributed by atoms with Crippen LogP contribution in [0.25, 0.3) is 0 Å². The summed E-state index contributed by atoms with van der Waals surface area (Å²) in [4.78, 5) is 23.7. The van der Waals surface area contributed by atoms with Crippen LogP contribution in [-0.4, -0.2) is 30.5 Å². The topological polar surface area (TPSA) is 75.6 Å². The van der Waals surface area contributed by atoms with Crippen LogP contribution in [0.2, 0.25) is 0 Å². The molecule has 28 heavy (non-hydrogen) atoms. The number of carbonyl (C=O) groups is 2. The standard InChI is InChI=1S/C23H29NO4/c1-7-24-19-10-14(4)18(15(5)21(19)22(25)23(26)27)12-16-8-9-20(28-6)17(11-16)13(2)3/h8-11,13,24H,7,12H2,1-6H3,(H,26,27). The van der Waals surface area contributed by atoms with Crippen LogP contribution in [0.3, 0.4) is 0 Å². The number of carbonyl (C=O) groups excluding carboxylic acids is 1. The van der Waals surface area contributed by atoms with Gasteiger partial charge in [0, 0.05) is 12.2 Å². The van der Waals surface area contributed by atoms with Crippen molar-refractivity contribution in [2.45, 2.75) is 47.0 Å². The van der Waals surface area contributed by atoms with E-state index in [-0.39, 0.29) is 5.56 Å². The average molecular weight is 383 g/mol. The zero-order chi connectivity index (χ0) is 21.0. The molecule has 0 saturated heterocycles. The van der Waals surface area contributed by atoms with Crippen molar-refractivity contribution in [3.8, 4) is 5.75 Å². The van der Waals surface area contributed by atoms with Gasteiger partial charge in [-0.25, -0.2) is 4.79 Å². The number of Topliss-reactive ketones (excluding diaryl/α,β-unsaturated/α-hetero) is 1. The number of benzene rings is 2. The van der Waals surface area contributed by atoms with Crippen molar-refractivity contribution in [1.29, 1.82) is 0 Å². The lowest BCUT2D eigenvalue weighted by Gasteiger charge is -2.19. The predicted octanol–water partition coefficient (Wildman–Crippen LogP) is 4.73. The van der Waals surface area contributed by atoms with Crippen molar-refractivity contribution in [2.24, 2.45) is 0 Å². The molecule has 5 heteroatoms. The van der Waals surface area contributed by atoms with Gasteiger partial charge in [-0.1, -0.05) is 26.0 Å². The number of hydrogen-bond donors (Lipinski definition) is 2. The zero-order valence-electron chi connectivity index (χ0n) is 17.5. The Kier molecular flexibility index (Phi) is 6.84. The SMILES string of the molecule is CCNc1cc(C)c(Cc2ccc(OC)c(C(C)C)c2)c(C)c1C(=O)C(=O)O. The molecule has 0 unspecified atom stereocenters. The fourth-order valence-electron chi connectivity index (χ4n) is 3.57. The molecular formula is C23H29NO4. The number of ketones is 1. The second-order valence-corrected chi connectivity index (χ2v) is 7.29. The fraction of sp³-hybridized carbons (Fsp3) is 0.391. The summed E-state index contributed by atoms with van der Waals surface area (Å²) in [7, 11) is 1.67. The van der Waals surface area contributed by atoms with Gasteiger partial charge in [-0.3, -0.25) is 4.79 Å². The van der Waals surface area contributed by atoms with E-state index in [1.807, 2.05) is 39.0 Å². The second-order valence-electron chi connectivity index (χ2n) is 7.29. The first-order chi connectivity index (χ1) is 13.2. The van der Waals surface area contributed by atoms with Crippen LogP contribution >= 0.6 is 0 Å². The molecule has 0 radical (unpaired) electrons. The summed E-state index contributed by atoms with van der Waals surface area (Å²) < 4.78 is 5.46. The number of aliphatic carboxylic acids is 1. The quantitative estimate of drug-likeness (QED) is 0.509. The van der Waals surface area contributed by atoms with Crippen LogP contribution < -0.4 is 10.1 Å².